The predicted molar refractivity (Wildman–Crippen MR) is 86.2 cm³/mol. The topological polar surface area (TPSA) is 67.0 Å². The highest BCUT2D eigenvalue weighted by Crippen LogP contribution is 2.20. The summed E-state index contributed by atoms with van der Waals surface area (Å²) in [6.45, 7) is 0.413. The first kappa shape index (κ1) is 14.6. The van der Waals surface area contributed by atoms with Crippen LogP contribution >= 0.6 is 11.6 Å². The normalized spacial score (nSPS) is 10.8. The summed E-state index contributed by atoms with van der Waals surface area (Å²) < 4.78 is 5.05. The number of carbonyl (C=O) groups excluding carboxylic acids is 1. The van der Waals surface area contributed by atoms with Gasteiger partial charge in [0.05, 0.1) is 21.6 Å². The number of nitrogens with one attached hydrogen (secondary N) is 2. The van der Waals surface area contributed by atoms with E-state index in [-0.39, 0.29) is 5.91 Å². The fourth-order valence-corrected chi connectivity index (χ4v) is 2.41. The van der Waals surface area contributed by atoms with E-state index in [1.165, 1.54) is 0 Å². The number of imidazole rings is 1. The average molecular weight is 316 g/mol. The molecule has 0 bridgehead atoms. The van der Waals surface area contributed by atoms with E-state index in [0.29, 0.717) is 22.9 Å². The van der Waals surface area contributed by atoms with Gasteiger partial charge < -0.3 is 15.0 Å². The number of hydrogen-bond acceptors (Lipinski definition) is 3. The number of hydrogen-bond donors (Lipinski definition) is 2. The minimum Gasteiger partial charge on any atom is -0.377 e. The molecule has 0 unspecified atom stereocenters. The minimum atomic E-state index is -0.249. The maximum Gasteiger partial charge on any atom is 0.257 e. The average Bonchev–Trinajstić information content (AvgIpc) is 2.89. The first-order chi connectivity index (χ1) is 10.7. The van der Waals surface area contributed by atoms with Crippen molar-refractivity contribution in [3.63, 3.8) is 0 Å². The molecular formula is C16H14ClN3O2. The fourth-order valence-electron chi connectivity index (χ4n) is 2.19. The van der Waals surface area contributed by atoms with Gasteiger partial charge >= 0.3 is 0 Å². The molecule has 0 radical (unpaired) electrons. The van der Waals surface area contributed by atoms with Crippen molar-refractivity contribution in [2.75, 3.05) is 12.4 Å². The highest BCUT2D eigenvalue weighted by Gasteiger charge is 2.10. The third-order valence-electron chi connectivity index (χ3n) is 3.19. The Hall–Kier alpha value is -2.37. The van der Waals surface area contributed by atoms with Crippen molar-refractivity contribution < 1.29 is 9.53 Å². The van der Waals surface area contributed by atoms with Crippen molar-refractivity contribution in [3.05, 3.63) is 58.9 Å². The summed E-state index contributed by atoms with van der Waals surface area (Å²) in [6, 6.07) is 12.4. The van der Waals surface area contributed by atoms with Crippen molar-refractivity contribution in [2.24, 2.45) is 0 Å². The van der Waals surface area contributed by atoms with Crippen LogP contribution in [0, 0.1) is 0 Å². The fraction of sp³-hybridized carbons (Fsp3) is 0.125. The molecule has 0 aliphatic carbocycles. The van der Waals surface area contributed by atoms with E-state index in [4.69, 9.17) is 16.3 Å². The van der Waals surface area contributed by atoms with E-state index >= 15 is 0 Å². The molecular weight excluding hydrogens is 302 g/mol. The van der Waals surface area contributed by atoms with Gasteiger partial charge in [-0.2, -0.15) is 0 Å². The van der Waals surface area contributed by atoms with Crippen LogP contribution in [0.4, 0.5) is 5.69 Å². The largest absolute Gasteiger partial charge is 0.377 e. The molecule has 1 heterocycles. The molecule has 3 rings (SSSR count). The van der Waals surface area contributed by atoms with Crippen LogP contribution in [0.25, 0.3) is 11.0 Å². The van der Waals surface area contributed by atoms with E-state index in [2.05, 4.69) is 15.3 Å². The lowest BCUT2D eigenvalue weighted by molar-refractivity contribution is 0.102. The number of benzene rings is 2. The highest BCUT2D eigenvalue weighted by molar-refractivity contribution is 6.34. The Morgan fingerprint density at radius 3 is 2.91 bits per heavy atom. The second kappa shape index (κ2) is 6.17. The van der Waals surface area contributed by atoms with Gasteiger partial charge in [0.25, 0.3) is 5.91 Å². The molecule has 0 atom stereocenters. The maximum atomic E-state index is 12.2. The van der Waals surface area contributed by atoms with Gasteiger partial charge in [-0.25, -0.2) is 4.98 Å². The number of halogens is 1. The molecule has 0 fully saturated rings. The van der Waals surface area contributed by atoms with Gasteiger partial charge in [-0.3, -0.25) is 4.79 Å². The lowest BCUT2D eigenvalue weighted by atomic mass is 10.2. The van der Waals surface area contributed by atoms with Crippen LogP contribution < -0.4 is 5.32 Å². The molecule has 1 amide bonds. The number of rotatable bonds is 4. The quantitative estimate of drug-likeness (QED) is 0.772. The Bertz CT molecular complexity index is 829. The number of amides is 1. The SMILES string of the molecule is COCc1nc2ccc(NC(=O)c3ccccc3Cl)cc2[nH]1. The van der Waals surface area contributed by atoms with Crippen LogP contribution in [0.3, 0.4) is 0 Å². The van der Waals surface area contributed by atoms with Crippen LogP contribution in [0.1, 0.15) is 16.2 Å². The summed E-state index contributed by atoms with van der Waals surface area (Å²) >= 11 is 6.03. The Kier molecular flexibility index (Phi) is 4.09. The molecule has 2 aromatic carbocycles. The van der Waals surface area contributed by atoms with E-state index in [1.807, 2.05) is 12.1 Å². The van der Waals surface area contributed by atoms with Gasteiger partial charge in [0.2, 0.25) is 0 Å². The second-order valence-electron chi connectivity index (χ2n) is 4.78. The number of carbonyl (C=O) groups is 1. The summed E-state index contributed by atoms with van der Waals surface area (Å²) in [5, 5.41) is 3.25. The summed E-state index contributed by atoms with van der Waals surface area (Å²) in [5.74, 6) is 0.494. The van der Waals surface area contributed by atoms with Crippen molar-refractivity contribution in [3.8, 4) is 0 Å². The lowest BCUT2D eigenvalue weighted by Gasteiger charge is -2.06. The molecule has 0 saturated carbocycles. The molecule has 2 N–H and O–H groups in total. The van der Waals surface area contributed by atoms with Crippen molar-refractivity contribution in [1.29, 1.82) is 0 Å². The van der Waals surface area contributed by atoms with Crippen LogP contribution in [0.15, 0.2) is 42.5 Å². The molecule has 0 spiro atoms. The van der Waals surface area contributed by atoms with Crippen LogP contribution in [0.5, 0.6) is 0 Å². The smallest absolute Gasteiger partial charge is 0.257 e. The van der Waals surface area contributed by atoms with E-state index in [9.17, 15) is 4.79 Å². The van der Waals surface area contributed by atoms with E-state index < -0.39 is 0 Å². The number of nitrogens with zero attached hydrogens (tertiary/aromatic N) is 1. The molecule has 5 nitrogen and oxygen atoms in total. The lowest BCUT2D eigenvalue weighted by Crippen LogP contribution is -2.12. The Morgan fingerprint density at radius 2 is 2.14 bits per heavy atom. The first-order valence-electron chi connectivity index (χ1n) is 6.71. The zero-order chi connectivity index (χ0) is 15.5. The predicted octanol–water partition coefficient (Wildman–Crippen LogP) is 3.62. The number of ether oxygens (including phenoxy) is 1. The Morgan fingerprint density at radius 1 is 1.32 bits per heavy atom. The molecule has 112 valence electrons. The monoisotopic (exact) mass is 315 g/mol. The third-order valence-corrected chi connectivity index (χ3v) is 3.52. The first-order valence-corrected chi connectivity index (χ1v) is 7.08. The third kappa shape index (κ3) is 2.95. The van der Waals surface area contributed by atoms with Gasteiger partial charge in [-0.05, 0) is 30.3 Å². The number of aromatic nitrogens is 2. The number of H-pyrrole nitrogens is 1. The number of methoxy groups -OCH3 is 1. The molecule has 6 heteroatoms. The minimum absolute atomic E-state index is 0.249. The maximum absolute atomic E-state index is 12.2. The summed E-state index contributed by atoms with van der Waals surface area (Å²) in [6.07, 6.45) is 0. The zero-order valence-electron chi connectivity index (χ0n) is 11.9. The van der Waals surface area contributed by atoms with Crippen LogP contribution in [-0.2, 0) is 11.3 Å². The summed E-state index contributed by atoms with van der Waals surface area (Å²) in [5.41, 5.74) is 2.77. The second-order valence-corrected chi connectivity index (χ2v) is 5.19. The summed E-state index contributed by atoms with van der Waals surface area (Å²) in [7, 11) is 1.61. The molecule has 22 heavy (non-hydrogen) atoms. The van der Waals surface area contributed by atoms with Crippen molar-refractivity contribution in [2.45, 2.75) is 6.61 Å². The number of fused-ring (bicyclic) bond motifs is 1. The molecule has 0 aliphatic rings. The number of aromatic amines is 1. The Balaban J connectivity index is 1.84. The molecule has 0 aliphatic heterocycles. The Labute approximate surface area is 132 Å². The highest BCUT2D eigenvalue weighted by atomic mass is 35.5. The van der Waals surface area contributed by atoms with E-state index in [0.717, 1.165) is 16.9 Å². The van der Waals surface area contributed by atoms with Crippen molar-refractivity contribution in [1.82, 2.24) is 9.97 Å². The van der Waals surface area contributed by atoms with Crippen molar-refractivity contribution >= 4 is 34.2 Å². The van der Waals surface area contributed by atoms with Crippen LogP contribution in [0.2, 0.25) is 5.02 Å². The van der Waals surface area contributed by atoms with Crippen LogP contribution in [-0.4, -0.2) is 23.0 Å². The van der Waals surface area contributed by atoms with Gasteiger partial charge in [0, 0.05) is 12.8 Å². The van der Waals surface area contributed by atoms with Gasteiger partial charge in [-0.1, -0.05) is 23.7 Å². The number of anilines is 1. The van der Waals surface area contributed by atoms with Gasteiger partial charge in [0.1, 0.15) is 12.4 Å². The summed E-state index contributed by atoms with van der Waals surface area (Å²) in [4.78, 5) is 19.8. The zero-order valence-corrected chi connectivity index (χ0v) is 12.6. The van der Waals surface area contributed by atoms with Gasteiger partial charge in [0.15, 0.2) is 0 Å². The standard InChI is InChI=1S/C16H14ClN3O2/c1-22-9-15-19-13-7-6-10(8-14(13)20-15)18-16(21)11-4-2-3-5-12(11)17/h2-8H,9H2,1H3,(H,18,21)(H,19,20). The van der Waals surface area contributed by atoms with Gasteiger partial charge in [-0.15, -0.1) is 0 Å². The molecule has 1 aromatic heterocycles. The van der Waals surface area contributed by atoms with E-state index in [1.54, 1.807) is 37.4 Å². The molecule has 0 saturated heterocycles. The molecule has 3 aromatic rings.